The van der Waals surface area contributed by atoms with Gasteiger partial charge in [-0.1, -0.05) is 11.3 Å². The molecule has 1 aromatic carbocycles. The van der Waals surface area contributed by atoms with Crippen LogP contribution in [0.15, 0.2) is 24.4 Å². The molecule has 0 aliphatic rings. The first-order valence-corrected chi connectivity index (χ1v) is 5.84. The van der Waals surface area contributed by atoms with Gasteiger partial charge in [0.15, 0.2) is 0 Å². The van der Waals surface area contributed by atoms with Crippen molar-refractivity contribution in [2.45, 2.75) is 13.1 Å². The Labute approximate surface area is 117 Å². The van der Waals surface area contributed by atoms with E-state index in [0.717, 1.165) is 10.7 Å². The lowest BCUT2D eigenvalue weighted by atomic mass is 10.1. The molecule has 0 unspecified atom stereocenters. The lowest BCUT2D eigenvalue weighted by Gasteiger charge is -2.06. The number of carbonyl (C=O) groups excluding carboxylic acids is 1. The third kappa shape index (κ3) is 3.53. The highest BCUT2D eigenvalue weighted by Gasteiger charge is 2.16. The number of carbonyl (C=O) groups is 2. The van der Waals surface area contributed by atoms with Gasteiger partial charge in [0.2, 0.25) is 0 Å². The summed E-state index contributed by atoms with van der Waals surface area (Å²) in [5, 5.41) is 27.6. The number of rotatable bonds is 5. The van der Waals surface area contributed by atoms with Gasteiger partial charge < -0.3 is 15.5 Å². The Kier molecular flexibility index (Phi) is 4.12. The van der Waals surface area contributed by atoms with Gasteiger partial charge in [-0.3, -0.25) is 9.59 Å². The predicted molar refractivity (Wildman–Crippen MR) is 66.9 cm³/mol. The van der Waals surface area contributed by atoms with Gasteiger partial charge in [-0.15, -0.1) is 5.10 Å². The average Bonchev–Trinajstić information content (AvgIpc) is 2.83. The zero-order chi connectivity index (χ0) is 15.4. The number of phenolic OH excluding ortho intramolecular Hbond substituents is 1. The molecule has 0 atom stereocenters. The average molecular weight is 294 g/mol. The van der Waals surface area contributed by atoms with Crippen molar-refractivity contribution in [1.82, 2.24) is 20.3 Å². The number of aliphatic carboxylic acids is 1. The summed E-state index contributed by atoms with van der Waals surface area (Å²) in [6, 6.07) is 3.53. The zero-order valence-corrected chi connectivity index (χ0v) is 10.7. The van der Waals surface area contributed by atoms with Gasteiger partial charge in [-0.05, 0) is 12.1 Å². The zero-order valence-electron chi connectivity index (χ0n) is 10.7. The van der Waals surface area contributed by atoms with Crippen molar-refractivity contribution < 1.29 is 24.2 Å². The highest BCUT2D eigenvalue weighted by molar-refractivity contribution is 5.96. The molecule has 0 saturated heterocycles. The summed E-state index contributed by atoms with van der Waals surface area (Å²) in [7, 11) is 0. The molecule has 0 fully saturated rings. The number of benzene rings is 1. The topological polar surface area (TPSA) is 117 Å². The van der Waals surface area contributed by atoms with Gasteiger partial charge in [0.25, 0.3) is 5.91 Å². The summed E-state index contributed by atoms with van der Waals surface area (Å²) < 4.78 is 14.5. The minimum atomic E-state index is -1.08. The summed E-state index contributed by atoms with van der Waals surface area (Å²) in [5.74, 6) is -3.20. The minimum absolute atomic E-state index is 0.0772. The van der Waals surface area contributed by atoms with Crippen molar-refractivity contribution in [2.24, 2.45) is 0 Å². The second-order valence-corrected chi connectivity index (χ2v) is 4.12. The number of carboxylic acid groups (broad SMARTS) is 1. The number of amides is 1. The molecule has 0 radical (unpaired) electrons. The van der Waals surface area contributed by atoms with E-state index in [-0.39, 0.29) is 13.1 Å². The fourth-order valence-corrected chi connectivity index (χ4v) is 1.63. The summed E-state index contributed by atoms with van der Waals surface area (Å²) in [5.41, 5.74) is -0.157. The first-order chi connectivity index (χ1) is 9.97. The van der Waals surface area contributed by atoms with E-state index in [1.807, 2.05) is 0 Å². The third-order valence-corrected chi connectivity index (χ3v) is 2.53. The van der Waals surface area contributed by atoms with Crippen LogP contribution < -0.4 is 5.32 Å². The fraction of sp³-hybridized carbons (Fsp3) is 0.167. The number of nitrogens with zero attached hydrogens (tertiary/aromatic N) is 3. The Hall–Kier alpha value is -2.97. The van der Waals surface area contributed by atoms with Crippen LogP contribution in [-0.2, 0) is 17.9 Å². The molecule has 1 aromatic heterocycles. The Morgan fingerprint density at radius 2 is 2.14 bits per heavy atom. The van der Waals surface area contributed by atoms with Gasteiger partial charge in [0.05, 0.1) is 12.7 Å². The predicted octanol–water partition coefficient (Wildman–Crippen LogP) is 0.137. The highest BCUT2D eigenvalue weighted by Crippen LogP contribution is 2.19. The fourth-order valence-electron chi connectivity index (χ4n) is 1.63. The third-order valence-electron chi connectivity index (χ3n) is 2.53. The molecular weight excluding hydrogens is 283 g/mol. The molecule has 21 heavy (non-hydrogen) atoms. The normalized spacial score (nSPS) is 10.3. The molecule has 8 nitrogen and oxygen atoms in total. The van der Waals surface area contributed by atoms with E-state index >= 15 is 0 Å². The van der Waals surface area contributed by atoms with Crippen molar-refractivity contribution in [3.63, 3.8) is 0 Å². The van der Waals surface area contributed by atoms with E-state index in [2.05, 4.69) is 15.6 Å². The highest BCUT2D eigenvalue weighted by atomic mass is 19.1. The van der Waals surface area contributed by atoms with E-state index in [1.165, 1.54) is 18.3 Å². The standard InChI is InChI=1S/C12H11FN4O4/c13-8-2-1-3-9(18)11(8)12(21)14-4-7-5-17(16-15-7)6-10(19)20/h1-3,5,18H,4,6H2,(H,14,21)(H,19,20). The van der Waals surface area contributed by atoms with Gasteiger partial charge in [-0.25, -0.2) is 9.07 Å². The monoisotopic (exact) mass is 294 g/mol. The second-order valence-electron chi connectivity index (χ2n) is 4.12. The van der Waals surface area contributed by atoms with Gasteiger partial charge in [0.1, 0.15) is 29.4 Å². The van der Waals surface area contributed by atoms with Crippen molar-refractivity contribution in [3.8, 4) is 5.75 Å². The van der Waals surface area contributed by atoms with Crippen molar-refractivity contribution in [2.75, 3.05) is 0 Å². The molecule has 0 saturated carbocycles. The van der Waals surface area contributed by atoms with Crippen LogP contribution in [0.1, 0.15) is 16.1 Å². The Balaban J connectivity index is 2.01. The number of phenols is 1. The number of hydrogen-bond donors (Lipinski definition) is 3. The maximum atomic E-state index is 13.5. The SMILES string of the molecule is O=C(O)Cn1cc(CNC(=O)c2c(O)cccc2F)nn1. The molecule has 0 bridgehead atoms. The number of hydrogen-bond acceptors (Lipinski definition) is 5. The molecule has 0 aliphatic carbocycles. The van der Waals surface area contributed by atoms with Crippen LogP contribution >= 0.6 is 0 Å². The molecule has 110 valence electrons. The van der Waals surface area contributed by atoms with Crippen LogP contribution in [0.3, 0.4) is 0 Å². The first kappa shape index (κ1) is 14.4. The molecule has 1 heterocycles. The van der Waals surface area contributed by atoms with E-state index < -0.39 is 29.0 Å². The molecule has 1 amide bonds. The van der Waals surface area contributed by atoms with Gasteiger partial charge >= 0.3 is 5.97 Å². The smallest absolute Gasteiger partial charge is 0.325 e. The Morgan fingerprint density at radius 1 is 1.38 bits per heavy atom. The van der Waals surface area contributed by atoms with Crippen molar-refractivity contribution >= 4 is 11.9 Å². The maximum absolute atomic E-state index is 13.5. The lowest BCUT2D eigenvalue weighted by molar-refractivity contribution is -0.137. The molecule has 3 N–H and O–H groups in total. The number of carboxylic acids is 1. The van der Waals surface area contributed by atoms with Crippen LogP contribution in [0.2, 0.25) is 0 Å². The second kappa shape index (κ2) is 5.99. The Morgan fingerprint density at radius 3 is 2.81 bits per heavy atom. The van der Waals surface area contributed by atoms with E-state index in [9.17, 15) is 19.1 Å². The molecular formula is C12H11FN4O4. The van der Waals surface area contributed by atoms with Crippen molar-refractivity contribution in [1.29, 1.82) is 0 Å². The maximum Gasteiger partial charge on any atom is 0.325 e. The first-order valence-electron chi connectivity index (χ1n) is 5.84. The molecule has 9 heteroatoms. The van der Waals surface area contributed by atoms with Crippen LogP contribution in [0, 0.1) is 5.82 Å². The van der Waals surface area contributed by atoms with E-state index in [1.54, 1.807) is 0 Å². The Bertz CT molecular complexity index is 665. The van der Waals surface area contributed by atoms with Crippen LogP contribution in [0.5, 0.6) is 5.75 Å². The molecule has 2 rings (SSSR count). The lowest BCUT2D eigenvalue weighted by Crippen LogP contribution is -2.24. The number of aromatic nitrogens is 3. The van der Waals surface area contributed by atoms with Gasteiger partial charge in [-0.2, -0.15) is 0 Å². The number of nitrogens with one attached hydrogen (secondary N) is 1. The number of halogens is 1. The summed E-state index contributed by atoms with van der Waals surface area (Å²) in [4.78, 5) is 22.3. The molecule has 0 spiro atoms. The van der Waals surface area contributed by atoms with E-state index in [0.29, 0.717) is 5.69 Å². The van der Waals surface area contributed by atoms with Crippen molar-refractivity contribution in [3.05, 3.63) is 41.5 Å². The van der Waals surface area contributed by atoms with E-state index in [4.69, 9.17) is 5.11 Å². The summed E-state index contributed by atoms with van der Waals surface area (Å²) in [6.45, 7) is -0.429. The summed E-state index contributed by atoms with van der Waals surface area (Å²) >= 11 is 0. The number of aromatic hydroxyl groups is 1. The van der Waals surface area contributed by atoms with Crippen LogP contribution in [0.25, 0.3) is 0 Å². The summed E-state index contributed by atoms with van der Waals surface area (Å²) in [6.07, 6.45) is 1.34. The quantitative estimate of drug-likeness (QED) is 0.722. The van der Waals surface area contributed by atoms with Gasteiger partial charge in [0, 0.05) is 0 Å². The minimum Gasteiger partial charge on any atom is -0.507 e. The van der Waals surface area contributed by atoms with Crippen LogP contribution in [-0.4, -0.2) is 37.1 Å². The molecule has 0 aliphatic heterocycles. The largest absolute Gasteiger partial charge is 0.507 e. The van der Waals surface area contributed by atoms with Crippen LogP contribution in [0.4, 0.5) is 4.39 Å². The molecule has 2 aromatic rings.